The maximum absolute atomic E-state index is 13.8. The Kier molecular flexibility index (Phi) is 7.91. The average molecular weight is 353 g/mol. The smallest absolute Gasteiger partial charge is 0.128 e. The summed E-state index contributed by atoms with van der Waals surface area (Å²) >= 11 is 8.82. The summed E-state index contributed by atoms with van der Waals surface area (Å²) in [4.78, 5) is 2.18. The quantitative estimate of drug-likeness (QED) is 0.517. The molecule has 1 aromatic carbocycles. The van der Waals surface area contributed by atoms with Crippen LogP contribution >= 0.6 is 27.5 Å². The van der Waals surface area contributed by atoms with Gasteiger partial charge in [-0.05, 0) is 26.0 Å². The molecule has 0 aliphatic carbocycles. The van der Waals surface area contributed by atoms with E-state index in [0.717, 1.165) is 11.0 Å². The molecular formula is C14H20BrClFNO. The van der Waals surface area contributed by atoms with Crippen molar-refractivity contribution in [3.63, 3.8) is 0 Å². The van der Waals surface area contributed by atoms with Crippen LogP contribution in [0.4, 0.5) is 4.39 Å². The number of ether oxygens (including phenoxy) is 1. The maximum Gasteiger partial charge on any atom is 0.128 e. The van der Waals surface area contributed by atoms with E-state index in [4.69, 9.17) is 16.3 Å². The molecule has 0 fully saturated rings. The number of nitrogens with zero attached hydrogens (tertiary/aromatic N) is 1. The minimum atomic E-state index is -0.179. The molecule has 19 heavy (non-hydrogen) atoms. The molecule has 1 rings (SSSR count). The Hall–Kier alpha value is -0.160. The van der Waals surface area contributed by atoms with Crippen molar-refractivity contribution >= 4 is 27.5 Å². The fourth-order valence-electron chi connectivity index (χ4n) is 1.73. The third kappa shape index (κ3) is 6.21. The summed E-state index contributed by atoms with van der Waals surface area (Å²) in [6.07, 6.45) is 0. The highest BCUT2D eigenvalue weighted by molar-refractivity contribution is 9.10. The predicted octanol–water partition coefficient (Wildman–Crippen LogP) is 4.05. The lowest BCUT2D eigenvalue weighted by Crippen LogP contribution is -2.33. The molecule has 0 atom stereocenters. The molecule has 0 aromatic heterocycles. The summed E-state index contributed by atoms with van der Waals surface area (Å²) in [5, 5.41) is 0. The number of alkyl halides is 1. The lowest BCUT2D eigenvalue weighted by Gasteiger charge is -2.26. The minimum Gasteiger partial charge on any atom is -0.379 e. The second-order valence-electron chi connectivity index (χ2n) is 4.60. The molecule has 0 heterocycles. The first-order valence-corrected chi connectivity index (χ1v) is 7.69. The zero-order chi connectivity index (χ0) is 14.3. The van der Waals surface area contributed by atoms with Gasteiger partial charge in [-0.3, -0.25) is 4.90 Å². The van der Waals surface area contributed by atoms with Crippen molar-refractivity contribution in [2.75, 3.05) is 25.6 Å². The highest BCUT2D eigenvalue weighted by atomic mass is 79.9. The Labute approximate surface area is 128 Å². The Morgan fingerprint density at radius 1 is 1.37 bits per heavy atom. The number of halogens is 3. The van der Waals surface area contributed by atoms with Gasteiger partial charge in [0.1, 0.15) is 5.82 Å². The van der Waals surface area contributed by atoms with Crippen molar-refractivity contribution in [1.82, 2.24) is 4.90 Å². The number of rotatable bonds is 8. The standard InChI is InChI=1S/C14H20BrClFNO/c1-11(2)18(6-8-19-7-5-16)10-12-3-4-13(15)9-14(12)17/h3-4,9,11H,5-8,10H2,1-2H3. The van der Waals surface area contributed by atoms with Gasteiger partial charge in [0.25, 0.3) is 0 Å². The molecule has 0 radical (unpaired) electrons. The molecule has 0 aliphatic rings. The van der Waals surface area contributed by atoms with E-state index in [9.17, 15) is 4.39 Å². The van der Waals surface area contributed by atoms with Crippen molar-refractivity contribution in [1.29, 1.82) is 0 Å². The molecule has 0 saturated carbocycles. The second-order valence-corrected chi connectivity index (χ2v) is 5.89. The largest absolute Gasteiger partial charge is 0.379 e. The molecule has 5 heteroatoms. The normalized spacial score (nSPS) is 11.5. The van der Waals surface area contributed by atoms with Crippen molar-refractivity contribution in [2.24, 2.45) is 0 Å². The molecule has 2 nitrogen and oxygen atoms in total. The van der Waals surface area contributed by atoms with Crippen LogP contribution < -0.4 is 0 Å². The van der Waals surface area contributed by atoms with Crippen LogP contribution in [-0.4, -0.2) is 36.6 Å². The number of benzene rings is 1. The third-order valence-corrected chi connectivity index (χ3v) is 3.51. The molecule has 0 bridgehead atoms. The predicted molar refractivity (Wildman–Crippen MR) is 81.2 cm³/mol. The van der Waals surface area contributed by atoms with Crippen LogP contribution in [0, 0.1) is 5.82 Å². The van der Waals surface area contributed by atoms with Crippen LogP contribution in [0.5, 0.6) is 0 Å². The summed E-state index contributed by atoms with van der Waals surface area (Å²) in [5.74, 6) is 0.324. The first kappa shape index (κ1) is 16.9. The molecular weight excluding hydrogens is 333 g/mol. The zero-order valence-corrected chi connectivity index (χ0v) is 13.7. The van der Waals surface area contributed by atoms with Crippen LogP contribution in [0.3, 0.4) is 0 Å². The van der Waals surface area contributed by atoms with Crippen LogP contribution in [0.25, 0.3) is 0 Å². The van der Waals surface area contributed by atoms with Crippen molar-refractivity contribution in [3.05, 3.63) is 34.1 Å². The summed E-state index contributed by atoms with van der Waals surface area (Å²) in [7, 11) is 0. The fourth-order valence-corrected chi connectivity index (χ4v) is 2.17. The van der Waals surface area contributed by atoms with Crippen LogP contribution in [0.1, 0.15) is 19.4 Å². The van der Waals surface area contributed by atoms with Gasteiger partial charge in [-0.25, -0.2) is 4.39 Å². The van der Waals surface area contributed by atoms with Gasteiger partial charge < -0.3 is 4.74 Å². The van der Waals surface area contributed by atoms with E-state index in [1.165, 1.54) is 6.07 Å². The van der Waals surface area contributed by atoms with Crippen LogP contribution in [0.2, 0.25) is 0 Å². The highest BCUT2D eigenvalue weighted by Crippen LogP contribution is 2.17. The Bertz CT molecular complexity index is 390. The van der Waals surface area contributed by atoms with E-state index in [-0.39, 0.29) is 5.82 Å². The Morgan fingerprint density at radius 2 is 2.11 bits per heavy atom. The van der Waals surface area contributed by atoms with E-state index in [1.807, 2.05) is 12.1 Å². The van der Waals surface area contributed by atoms with Gasteiger partial charge in [-0.15, -0.1) is 11.6 Å². The van der Waals surface area contributed by atoms with Crippen LogP contribution in [0.15, 0.2) is 22.7 Å². The summed E-state index contributed by atoms with van der Waals surface area (Å²) in [6, 6.07) is 5.51. The van der Waals surface area contributed by atoms with Gasteiger partial charge in [-0.1, -0.05) is 22.0 Å². The molecule has 0 spiro atoms. The topological polar surface area (TPSA) is 12.5 Å². The molecule has 0 amide bonds. The van der Waals surface area contributed by atoms with E-state index >= 15 is 0 Å². The molecule has 1 aromatic rings. The summed E-state index contributed by atoms with van der Waals surface area (Å²) in [6.45, 7) is 6.71. The average Bonchev–Trinajstić information content (AvgIpc) is 2.35. The lowest BCUT2D eigenvalue weighted by atomic mass is 10.2. The minimum absolute atomic E-state index is 0.179. The van der Waals surface area contributed by atoms with Crippen molar-refractivity contribution < 1.29 is 9.13 Å². The van der Waals surface area contributed by atoms with E-state index < -0.39 is 0 Å². The molecule has 0 saturated heterocycles. The SMILES string of the molecule is CC(C)N(CCOCCCl)Cc1ccc(Br)cc1F. The number of hydrogen-bond acceptors (Lipinski definition) is 2. The number of hydrogen-bond donors (Lipinski definition) is 0. The van der Waals surface area contributed by atoms with Crippen LogP contribution in [-0.2, 0) is 11.3 Å². The summed E-state index contributed by atoms with van der Waals surface area (Å²) < 4.78 is 19.9. The van der Waals surface area contributed by atoms with E-state index in [1.54, 1.807) is 0 Å². The monoisotopic (exact) mass is 351 g/mol. The zero-order valence-electron chi connectivity index (χ0n) is 11.3. The second kappa shape index (κ2) is 8.90. The summed E-state index contributed by atoms with van der Waals surface area (Å²) in [5.41, 5.74) is 0.703. The van der Waals surface area contributed by atoms with Gasteiger partial charge in [0.05, 0.1) is 13.2 Å². The Morgan fingerprint density at radius 3 is 2.68 bits per heavy atom. The van der Waals surface area contributed by atoms with Gasteiger partial charge in [0, 0.05) is 35.0 Å². The first-order chi connectivity index (χ1) is 9.04. The lowest BCUT2D eigenvalue weighted by molar-refractivity contribution is 0.0978. The first-order valence-electron chi connectivity index (χ1n) is 6.36. The van der Waals surface area contributed by atoms with E-state index in [0.29, 0.717) is 37.2 Å². The molecule has 108 valence electrons. The molecule has 0 unspecified atom stereocenters. The van der Waals surface area contributed by atoms with Crippen molar-refractivity contribution in [2.45, 2.75) is 26.4 Å². The molecule has 0 aliphatic heterocycles. The maximum atomic E-state index is 13.8. The van der Waals surface area contributed by atoms with Gasteiger partial charge in [0.15, 0.2) is 0 Å². The van der Waals surface area contributed by atoms with E-state index in [2.05, 4.69) is 34.7 Å². The van der Waals surface area contributed by atoms with Gasteiger partial charge in [-0.2, -0.15) is 0 Å². The van der Waals surface area contributed by atoms with Gasteiger partial charge >= 0.3 is 0 Å². The third-order valence-electron chi connectivity index (χ3n) is 2.86. The highest BCUT2D eigenvalue weighted by Gasteiger charge is 2.12. The van der Waals surface area contributed by atoms with Crippen molar-refractivity contribution in [3.8, 4) is 0 Å². The Balaban J connectivity index is 2.57. The fraction of sp³-hybridized carbons (Fsp3) is 0.571. The van der Waals surface area contributed by atoms with Gasteiger partial charge in [0.2, 0.25) is 0 Å². The molecule has 0 N–H and O–H groups in total.